The third kappa shape index (κ3) is 5.74. The first-order chi connectivity index (χ1) is 17.7. The minimum atomic E-state index is 0.270. The highest BCUT2D eigenvalue weighted by Gasteiger charge is 2.16. The molecule has 0 atom stereocenters. The maximum absolute atomic E-state index is 3.62. The molecule has 0 amide bonds. The van der Waals surface area contributed by atoms with Crippen LogP contribution in [0.4, 0.5) is 11.4 Å². The Hall–Kier alpha value is -3.30. The van der Waals surface area contributed by atoms with E-state index in [-0.39, 0.29) is 6.04 Å². The van der Waals surface area contributed by atoms with Gasteiger partial charge in [0.15, 0.2) is 0 Å². The Labute approximate surface area is 217 Å². The average Bonchev–Trinajstić information content (AvgIpc) is 2.93. The fraction of sp³-hybridized carbons (Fsp3) is 0.333. The monoisotopic (exact) mass is 479 g/mol. The van der Waals surface area contributed by atoms with Gasteiger partial charge in [-0.25, -0.2) is 0 Å². The summed E-state index contributed by atoms with van der Waals surface area (Å²) in [5, 5.41) is 9.51. The molecular formula is C33H41N3. The van der Waals surface area contributed by atoms with Crippen LogP contribution >= 0.6 is 0 Å². The Morgan fingerprint density at radius 2 is 1.44 bits per heavy atom. The number of fused-ring (bicyclic) bond motifs is 1. The van der Waals surface area contributed by atoms with Gasteiger partial charge in [-0.15, -0.1) is 0 Å². The highest BCUT2D eigenvalue weighted by molar-refractivity contribution is 6.04. The molecule has 36 heavy (non-hydrogen) atoms. The second kappa shape index (κ2) is 12.6. The molecule has 0 saturated carbocycles. The zero-order chi connectivity index (χ0) is 25.3. The van der Waals surface area contributed by atoms with Gasteiger partial charge >= 0.3 is 0 Å². The van der Waals surface area contributed by atoms with E-state index in [1.807, 2.05) is 7.05 Å². The largest absolute Gasteiger partial charge is 0.385 e. The van der Waals surface area contributed by atoms with Crippen molar-refractivity contribution < 1.29 is 0 Å². The van der Waals surface area contributed by atoms with Crippen LogP contribution in [-0.4, -0.2) is 32.7 Å². The summed E-state index contributed by atoms with van der Waals surface area (Å²) in [5.41, 5.74) is 7.55. The smallest absolute Gasteiger partial charge is 0.0439 e. The van der Waals surface area contributed by atoms with Gasteiger partial charge in [-0.1, -0.05) is 87.5 Å². The summed E-state index contributed by atoms with van der Waals surface area (Å²) in [6.07, 6.45) is 12.4. The highest BCUT2D eigenvalue weighted by Crippen LogP contribution is 2.37. The van der Waals surface area contributed by atoms with Crippen molar-refractivity contribution in [2.75, 3.05) is 36.9 Å². The van der Waals surface area contributed by atoms with E-state index in [2.05, 4.69) is 121 Å². The number of benzene rings is 3. The molecule has 0 bridgehead atoms. The molecule has 2 N–H and O–H groups in total. The minimum Gasteiger partial charge on any atom is -0.385 e. The Bertz CT molecular complexity index is 1210. The predicted octanol–water partition coefficient (Wildman–Crippen LogP) is 7.80. The molecule has 0 fully saturated rings. The lowest BCUT2D eigenvalue weighted by Gasteiger charge is -2.24. The van der Waals surface area contributed by atoms with Crippen molar-refractivity contribution in [1.82, 2.24) is 5.32 Å². The molecule has 0 saturated heterocycles. The summed E-state index contributed by atoms with van der Waals surface area (Å²) < 4.78 is 0. The zero-order valence-electron chi connectivity index (χ0n) is 22.4. The molecule has 3 heteroatoms. The van der Waals surface area contributed by atoms with Crippen molar-refractivity contribution in [2.45, 2.75) is 46.1 Å². The summed E-state index contributed by atoms with van der Waals surface area (Å²) in [4.78, 5) is 2.50. The fourth-order valence-electron chi connectivity index (χ4n) is 5.05. The van der Waals surface area contributed by atoms with Crippen LogP contribution in [0.15, 0.2) is 90.5 Å². The maximum Gasteiger partial charge on any atom is 0.0439 e. The van der Waals surface area contributed by atoms with Crippen molar-refractivity contribution >= 4 is 27.7 Å². The van der Waals surface area contributed by atoms with Gasteiger partial charge in [0.1, 0.15) is 0 Å². The van der Waals surface area contributed by atoms with Crippen molar-refractivity contribution in [3.63, 3.8) is 0 Å². The summed E-state index contributed by atoms with van der Waals surface area (Å²) in [6.45, 7) is 9.87. The van der Waals surface area contributed by atoms with Gasteiger partial charge in [-0.05, 0) is 72.2 Å². The number of hydrogen-bond donors (Lipinski definition) is 2. The van der Waals surface area contributed by atoms with Crippen LogP contribution < -0.4 is 15.5 Å². The first-order valence-electron chi connectivity index (χ1n) is 13.6. The van der Waals surface area contributed by atoms with Gasteiger partial charge in [0.05, 0.1) is 0 Å². The Morgan fingerprint density at radius 1 is 0.778 bits per heavy atom. The third-order valence-electron chi connectivity index (χ3n) is 6.86. The van der Waals surface area contributed by atoms with Crippen LogP contribution in [-0.2, 0) is 0 Å². The number of hydrogen-bond acceptors (Lipinski definition) is 3. The van der Waals surface area contributed by atoms with Gasteiger partial charge in [0.25, 0.3) is 0 Å². The van der Waals surface area contributed by atoms with E-state index in [0.29, 0.717) is 0 Å². The van der Waals surface area contributed by atoms with Gasteiger partial charge < -0.3 is 15.5 Å². The third-order valence-corrected chi connectivity index (χ3v) is 6.86. The number of rotatable bonds is 11. The van der Waals surface area contributed by atoms with Gasteiger partial charge in [0.2, 0.25) is 0 Å². The topological polar surface area (TPSA) is 27.3 Å². The summed E-state index contributed by atoms with van der Waals surface area (Å²) in [5.74, 6) is 0. The lowest BCUT2D eigenvalue weighted by atomic mass is 9.87. The van der Waals surface area contributed by atoms with E-state index in [9.17, 15) is 0 Å². The fourth-order valence-corrected chi connectivity index (χ4v) is 5.05. The van der Waals surface area contributed by atoms with Crippen LogP contribution in [0.5, 0.6) is 0 Å². The van der Waals surface area contributed by atoms with Gasteiger partial charge in [-0.3, -0.25) is 0 Å². The molecule has 1 aliphatic carbocycles. The molecule has 0 spiro atoms. The van der Waals surface area contributed by atoms with Crippen molar-refractivity contribution in [3.05, 3.63) is 102 Å². The number of allylic oxidation sites excluding steroid dienone is 3. The van der Waals surface area contributed by atoms with E-state index < -0.39 is 0 Å². The molecule has 0 aromatic heterocycles. The van der Waals surface area contributed by atoms with E-state index in [1.54, 1.807) is 0 Å². The van der Waals surface area contributed by atoms with E-state index >= 15 is 0 Å². The number of nitrogens with zero attached hydrogens (tertiary/aromatic N) is 1. The van der Waals surface area contributed by atoms with E-state index in [1.165, 1.54) is 44.4 Å². The highest BCUT2D eigenvalue weighted by atomic mass is 15.1. The van der Waals surface area contributed by atoms with Crippen LogP contribution in [0.25, 0.3) is 16.3 Å². The average molecular weight is 480 g/mol. The lowest BCUT2D eigenvalue weighted by Crippen LogP contribution is -2.24. The lowest BCUT2D eigenvalue weighted by molar-refractivity contribution is 0.745. The first kappa shape index (κ1) is 25.8. The molecule has 0 radical (unpaired) electrons. The maximum atomic E-state index is 3.62. The molecule has 0 aliphatic heterocycles. The molecule has 3 aromatic carbocycles. The number of nitrogens with one attached hydrogen (secondary N) is 2. The summed E-state index contributed by atoms with van der Waals surface area (Å²) >= 11 is 0. The Balaban J connectivity index is 1.85. The van der Waals surface area contributed by atoms with Crippen LogP contribution in [0, 0.1) is 0 Å². The normalized spacial score (nSPS) is 14.9. The predicted molar refractivity (Wildman–Crippen MR) is 159 cm³/mol. The van der Waals surface area contributed by atoms with Crippen LogP contribution in [0.3, 0.4) is 0 Å². The van der Waals surface area contributed by atoms with Crippen molar-refractivity contribution in [2.24, 2.45) is 0 Å². The molecule has 1 aliphatic rings. The second-order valence-corrected chi connectivity index (χ2v) is 9.53. The molecule has 4 rings (SSSR count). The SMILES string of the molecule is CCCNc1ccc(C(=C2C=CC(NC)C=C2)c2ccc(N(CCC)CCC)cc2)c2ccccc12. The van der Waals surface area contributed by atoms with Crippen molar-refractivity contribution in [3.8, 4) is 0 Å². The quantitative estimate of drug-likeness (QED) is 0.294. The van der Waals surface area contributed by atoms with E-state index in [0.717, 1.165) is 38.9 Å². The summed E-state index contributed by atoms with van der Waals surface area (Å²) in [6, 6.07) is 22.8. The molecule has 188 valence electrons. The zero-order valence-corrected chi connectivity index (χ0v) is 22.4. The first-order valence-corrected chi connectivity index (χ1v) is 13.6. The number of anilines is 2. The molecule has 0 heterocycles. The standard InChI is InChI=1S/C33H41N3/c1-5-22-35-32-21-20-31(29-10-8-9-11-30(29)32)33(25-12-16-27(34-4)17-13-25)26-14-18-28(19-15-26)36(23-6-2)24-7-3/h8-21,27,34-35H,5-7,22-24H2,1-4H3. The molecular weight excluding hydrogens is 438 g/mol. The van der Waals surface area contributed by atoms with Crippen LogP contribution in [0.2, 0.25) is 0 Å². The van der Waals surface area contributed by atoms with Gasteiger partial charge in [0, 0.05) is 42.4 Å². The minimum absolute atomic E-state index is 0.270. The second-order valence-electron chi connectivity index (χ2n) is 9.53. The number of likely N-dealkylation sites (N-methyl/N-ethyl adjacent to an activating group) is 1. The van der Waals surface area contributed by atoms with Gasteiger partial charge in [-0.2, -0.15) is 0 Å². The molecule has 0 unspecified atom stereocenters. The van der Waals surface area contributed by atoms with E-state index in [4.69, 9.17) is 0 Å². The van der Waals surface area contributed by atoms with Crippen molar-refractivity contribution in [1.29, 1.82) is 0 Å². The molecule has 3 nitrogen and oxygen atoms in total. The van der Waals surface area contributed by atoms with Crippen LogP contribution in [0.1, 0.15) is 51.2 Å². The Morgan fingerprint density at radius 3 is 2.06 bits per heavy atom. The summed E-state index contributed by atoms with van der Waals surface area (Å²) in [7, 11) is 2.00. The Kier molecular flexibility index (Phi) is 9.02. The molecule has 3 aromatic rings.